The van der Waals surface area contributed by atoms with Crippen molar-refractivity contribution in [2.45, 2.75) is 103 Å². The van der Waals surface area contributed by atoms with Crippen molar-refractivity contribution in [3.05, 3.63) is 23.8 Å². The van der Waals surface area contributed by atoms with Crippen LogP contribution in [0.5, 0.6) is 0 Å². The number of hydrogen-bond donors (Lipinski definition) is 5. The first kappa shape index (κ1) is 26.8. The van der Waals surface area contributed by atoms with Gasteiger partial charge in [0, 0.05) is 0 Å². The minimum absolute atomic E-state index is 0.00921. The van der Waals surface area contributed by atoms with Crippen LogP contribution in [0.4, 0.5) is 0 Å². The van der Waals surface area contributed by atoms with Crippen LogP contribution in [0.25, 0.3) is 0 Å². The van der Waals surface area contributed by atoms with Crippen LogP contribution in [-0.2, 0) is 9.47 Å². The summed E-state index contributed by atoms with van der Waals surface area (Å²) in [6.07, 6.45) is 1.09. The molecule has 0 radical (unpaired) electrons. The average molecular weight is 469 g/mol. The van der Waals surface area contributed by atoms with Crippen LogP contribution in [0, 0.1) is 22.7 Å². The Kier molecular flexibility index (Phi) is 8.48. The van der Waals surface area contributed by atoms with Crippen molar-refractivity contribution in [2.75, 3.05) is 13.2 Å². The number of rotatable bonds is 7. The maximum absolute atomic E-state index is 11.2. The number of fused-ring (bicyclic) bond motifs is 1. The molecule has 1 saturated heterocycles. The summed E-state index contributed by atoms with van der Waals surface area (Å²) in [7, 11) is 0. The van der Waals surface area contributed by atoms with Crippen LogP contribution in [0.15, 0.2) is 23.8 Å². The molecule has 1 aliphatic heterocycles. The topological polar surface area (TPSA) is 120 Å². The maximum atomic E-state index is 11.2. The summed E-state index contributed by atoms with van der Waals surface area (Å²) in [5.74, 6) is 0.256. The van der Waals surface area contributed by atoms with Crippen molar-refractivity contribution >= 4 is 0 Å². The van der Waals surface area contributed by atoms with Gasteiger partial charge in [0.1, 0.15) is 18.3 Å². The third kappa shape index (κ3) is 5.25. The summed E-state index contributed by atoms with van der Waals surface area (Å²) < 4.78 is 11.7. The van der Waals surface area contributed by atoms with Gasteiger partial charge in [-0.1, -0.05) is 44.1 Å². The van der Waals surface area contributed by atoms with Gasteiger partial charge in [-0.05, 0) is 68.6 Å². The zero-order valence-electron chi connectivity index (χ0n) is 20.6. The molecule has 3 aliphatic rings. The lowest BCUT2D eigenvalue weighted by Gasteiger charge is -2.60. The second-order valence-electron chi connectivity index (χ2n) is 11.2. The largest absolute Gasteiger partial charge is 0.392 e. The van der Waals surface area contributed by atoms with Gasteiger partial charge in [0.2, 0.25) is 0 Å². The zero-order valence-corrected chi connectivity index (χ0v) is 20.6. The van der Waals surface area contributed by atoms with Gasteiger partial charge in [0.25, 0.3) is 0 Å². The fourth-order valence-electron chi connectivity index (χ4n) is 7.02. The Labute approximate surface area is 198 Å². The van der Waals surface area contributed by atoms with Crippen molar-refractivity contribution in [3.63, 3.8) is 0 Å². The van der Waals surface area contributed by atoms with Crippen molar-refractivity contribution in [1.82, 2.24) is 0 Å². The third-order valence-corrected chi connectivity index (χ3v) is 8.72. The van der Waals surface area contributed by atoms with E-state index < -0.39 is 36.8 Å². The Hall–Kier alpha value is -0.800. The summed E-state index contributed by atoms with van der Waals surface area (Å²) in [4.78, 5) is 0. The standard InChI is InChI=1S/C26H44O7/c1-15(9-12-27)7-8-18-16(2)13-19(28)23-25(4,10-6-11-26(18,23)5)14-32-24-22(31)21(30)20(29)17(3)33-24/h9,17-24,27-31H,2,6-8,10-14H2,1,3-5H3/b15-9+/t17-,18-,19-,20-,21+,22+,23-,24+,25-,26+/m0/s1. The highest BCUT2D eigenvalue weighted by molar-refractivity contribution is 5.19. The van der Waals surface area contributed by atoms with Crippen LogP contribution < -0.4 is 0 Å². The highest BCUT2D eigenvalue weighted by atomic mass is 16.7. The Morgan fingerprint density at radius 1 is 1.15 bits per heavy atom. The number of aliphatic hydroxyl groups is 5. The maximum Gasteiger partial charge on any atom is 0.186 e. The molecule has 7 nitrogen and oxygen atoms in total. The molecule has 3 rings (SSSR count). The van der Waals surface area contributed by atoms with Crippen molar-refractivity contribution < 1.29 is 35.0 Å². The molecule has 7 heteroatoms. The van der Waals surface area contributed by atoms with E-state index in [4.69, 9.17) is 9.47 Å². The first-order valence-electron chi connectivity index (χ1n) is 12.4. The average Bonchev–Trinajstić information content (AvgIpc) is 2.73. The van der Waals surface area contributed by atoms with Gasteiger partial charge in [-0.2, -0.15) is 0 Å². The summed E-state index contributed by atoms with van der Waals surface area (Å²) >= 11 is 0. The molecule has 0 aromatic rings. The summed E-state index contributed by atoms with van der Waals surface area (Å²) in [5, 5.41) is 50.9. The lowest BCUT2D eigenvalue weighted by Crippen LogP contribution is -2.60. The fraction of sp³-hybridized carbons (Fsp3) is 0.846. The molecule has 0 bridgehead atoms. The fourth-order valence-corrected chi connectivity index (χ4v) is 7.02. The highest BCUT2D eigenvalue weighted by Crippen LogP contribution is 2.62. The normalized spacial score (nSPS) is 46.8. The number of ether oxygens (including phenoxy) is 2. The van der Waals surface area contributed by atoms with Gasteiger partial charge >= 0.3 is 0 Å². The van der Waals surface area contributed by atoms with Crippen molar-refractivity contribution in [3.8, 4) is 0 Å². The van der Waals surface area contributed by atoms with Crippen LogP contribution in [0.3, 0.4) is 0 Å². The lowest BCUT2D eigenvalue weighted by atomic mass is 9.46. The van der Waals surface area contributed by atoms with Gasteiger partial charge < -0.3 is 35.0 Å². The number of allylic oxidation sites excluding steroid dienone is 1. The Morgan fingerprint density at radius 2 is 1.85 bits per heavy atom. The van der Waals surface area contributed by atoms with Gasteiger partial charge in [-0.25, -0.2) is 0 Å². The molecule has 1 heterocycles. The van der Waals surface area contributed by atoms with E-state index in [1.54, 1.807) is 6.92 Å². The predicted molar refractivity (Wildman–Crippen MR) is 125 cm³/mol. The molecule has 2 saturated carbocycles. The second-order valence-corrected chi connectivity index (χ2v) is 11.2. The SMILES string of the molecule is C=C1C[C@H](O)[C@H]2[C@](C)(CO[C@@H]3O[C@@H](C)[C@H](O)[C@@H](O)[C@H]3O)CCC[C@]2(C)[C@H]1CC/C(C)=C/CO. The minimum Gasteiger partial charge on any atom is -0.392 e. The van der Waals surface area contributed by atoms with Crippen molar-refractivity contribution in [1.29, 1.82) is 0 Å². The molecular weight excluding hydrogens is 424 g/mol. The summed E-state index contributed by atoms with van der Waals surface area (Å²) in [6, 6.07) is 0. The van der Waals surface area contributed by atoms with Crippen molar-refractivity contribution in [2.24, 2.45) is 22.7 Å². The predicted octanol–water partition coefficient (Wildman–Crippen LogP) is 2.30. The Morgan fingerprint density at radius 3 is 2.52 bits per heavy atom. The van der Waals surface area contributed by atoms with E-state index >= 15 is 0 Å². The number of hydrogen-bond acceptors (Lipinski definition) is 7. The van der Waals surface area contributed by atoms with Crippen LogP contribution in [0.1, 0.15) is 66.2 Å². The third-order valence-electron chi connectivity index (χ3n) is 8.72. The smallest absolute Gasteiger partial charge is 0.186 e. The van der Waals surface area contributed by atoms with Gasteiger partial charge in [-0.3, -0.25) is 0 Å². The molecule has 5 N–H and O–H groups in total. The Bertz CT molecular complexity index is 723. The molecule has 3 fully saturated rings. The monoisotopic (exact) mass is 468 g/mol. The van der Waals surface area contributed by atoms with Crippen LogP contribution in [-0.4, -0.2) is 75.6 Å². The van der Waals surface area contributed by atoms with E-state index in [0.717, 1.165) is 43.3 Å². The van der Waals surface area contributed by atoms with Gasteiger partial charge in [0.05, 0.1) is 25.4 Å². The highest BCUT2D eigenvalue weighted by Gasteiger charge is 2.58. The first-order valence-corrected chi connectivity index (χ1v) is 12.4. The summed E-state index contributed by atoms with van der Waals surface area (Å²) in [5.41, 5.74) is 1.78. The molecule has 2 aliphatic carbocycles. The lowest BCUT2D eigenvalue weighted by molar-refractivity contribution is -0.304. The molecule has 0 amide bonds. The second kappa shape index (κ2) is 10.4. The molecule has 0 aromatic heterocycles. The molecule has 0 spiro atoms. The zero-order chi connectivity index (χ0) is 24.6. The van der Waals surface area contributed by atoms with E-state index in [-0.39, 0.29) is 35.9 Å². The van der Waals surface area contributed by atoms with Gasteiger partial charge in [-0.15, -0.1) is 0 Å². The van der Waals surface area contributed by atoms with Crippen LogP contribution >= 0.6 is 0 Å². The molecular formula is C26H44O7. The van der Waals surface area contributed by atoms with E-state index in [2.05, 4.69) is 20.4 Å². The quantitative estimate of drug-likeness (QED) is 0.364. The summed E-state index contributed by atoms with van der Waals surface area (Å²) in [6.45, 7) is 12.8. The van der Waals surface area contributed by atoms with Gasteiger partial charge in [0.15, 0.2) is 6.29 Å². The van der Waals surface area contributed by atoms with E-state index in [0.29, 0.717) is 6.42 Å². The number of aliphatic hydroxyl groups excluding tert-OH is 5. The minimum atomic E-state index is -1.33. The van der Waals surface area contributed by atoms with Crippen LogP contribution in [0.2, 0.25) is 0 Å². The van der Waals surface area contributed by atoms with E-state index in [9.17, 15) is 25.5 Å². The molecule has 33 heavy (non-hydrogen) atoms. The first-order chi connectivity index (χ1) is 15.4. The molecule has 10 atom stereocenters. The molecule has 0 aromatic carbocycles. The molecule has 0 unspecified atom stereocenters. The van der Waals surface area contributed by atoms with E-state index in [1.165, 1.54) is 0 Å². The van der Waals surface area contributed by atoms with E-state index in [1.807, 2.05) is 13.0 Å². The Balaban J connectivity index is 1.78. The molecule has 190 valence electrons.